The summed E-state index contributed by atoms with van der Waals surface area (Å²) in [7, 11) is 0. The lowest BCUT2D eigenvalue weighted by molar-refractivity contribution is 0.331. The van der Waals surface area contributed by atoms with Gasteiger partial charge < -0.3 is 4.74 Å². The lowest BCUT2D eigenvalue weighted by Gasteiger charge is -2.10. The third-order valence-electron chi connectivity index (χ3n) is 3.68. The van der Waals surface area contributed by atoms with Crippen LogP contribution in [0.2, 0.25) is 0 Å². The number of thiazole rings is 1. The van der Waals surface area contributed by atoms with Crippen molar-refractivity contribution in [1.29, 1.82) is 5.26 Å². The van der Waals surface area contributed by atoms with E-state index in [9.17, 15) is 0 Å². The van der Waals surface area contributed by atoms with Gasteiger partial charge in [-0.05, 0) is 11.5 Å². The molecule has 1 aromatic heterocycles. The molecule has 21 heavy (non-hydrogen) atoms. The molecule has 4 rings (SSSR count). The number of fused-ring (bicyclic) bond motifs is 5. The van der Waals surface area contributed by atoms with E-state index in [-0.39, 0.29) is 0 Å². The smallest absolute Gasteiger partial charge is 0.136 e. The minimum atomic E-state index is 0.376. The standard InChI is InChI=1S/C17H12N2OS/c18-9-7-15-19-16-13-6-5-11-3-1-2-4-12(11)17(13)20-10-8-14(16)21-15/h1-6H,7-8,10H2. The SMILES string of the molecule is N#CCc1nc2c(s1)CCOc1c-2ccc2ccccc12. The van der Waals surface area contributed by atoms with Crippen molar-refractivity contribution in [2.45, 2.75) is 12.8 Å². The first-order chi connectivity index (χ1) is 10.4. The first-order valence-electron chi connectivity index (χ1n) is 6.87. The van der Waals surface area contributed by atoms with Crippen molar-refractivity contribution in [1.82, 2.24) is 4.98 Å². The fourth-order valence-electron chi connectivity index (χ4n) is 2.75. The third-order valence-corrected chi connectivity index (χ3v) is 4.80. The summed E-state index contributed by atoms with van der Waals surface area (Å²) in [6.07, 6.45) is 1.23. The molecule has 4 heteroatoms. The van der Waals surface area contributed by atoms with Gasteiger partial charge in [0.05, 0.1) is 24.8 Å². The first-order valence-corrected chi connectivity index (χ1v) is 7.69. The van der Waals surface area contributed by atoms with E-state index in [4.69, 9.17) is 10.00 Å². The molecule has 0 aliphatic carbocycles. The molecule has 0 unspecified atom stereocenters. The Bertz CT molecular complexity index is 876. The monoisotopic (exact) mass is 292 g/mol. The molecule has 0 radical (unpaired) electrons. The minimum Gasteiger partial charge on any atom is -0.492 e. The van der Waals surface area contributed by atoms with E-state index in [1.54, 1.807) is 11.3 Å². The lowest BCUT2D eigenvalue weighted by Crippen LogP contribution is -1.98. The van der Waals surface area contributed by atoms with E-state index in [1.807, 2.05) is 12.1 Å². The van der Waals surface area contributed by atoms with Gasteiger partial charge in [-0.1, -0.05) is 30.3 Å². The van der Waals surface area contributed by atoms with Crippen molar-refractivity contribution < 1.29 is 4.74 Å². The van der Waals surface area contributed by atoms with Crippen molar-refractivity contribution in [3.8, 4) is 23.1 Å². The lowest BCUT2D eigenvalue weighted by atomic mass is 10.0. The van der Waals surface area contributed by atoms with Crippen LogP contribution in [0, 0.1) is 11.3 Å². The van der Waals surface area contributed by atoms with Crippen LogP contribution >= 0.6 is 11.3 Å². The molecule has 0 atom stereocenters. The molecule has 0 fully saturated rings. The zero-order valence-corrected chi connectivity index (χ0v) is 12.1. The fourth-order valence-corrected chi connectivity index (χ4v) is 3.75. The Morgan fingerprint density at radius 2 is 2.14 bits per heavy atom. The molecule has 0 spiro atoms. The summed E-state index contributed by atoms with van der Waals surface area (Å²) >= 11 is 1.63. The van der Waals surface area contributed by atoms with Gasteiger partial charge in [-0.15, -0.1) is 11.3 Å². The summed E-state index contributed by atoms with van der Waals surface area (Å²) in [5.41, 5.74) is 2.03. The van der Waals surface area contributed by atoms with Gasteiger partial charge in [-0.3, -0.25) is 0 Å². The highest BCUT2D eigenvalue weighted by atomic mass is 32.1. The van der Waals surface area contributed by atoms with Gasteiger partial charge in [0.2, 0.25) is 0 Å². The van der Waals surface area contributed by atoms with Crippen molar-refractivity contribution in [3.63, 3.8) is 0 Å². The van der Waals surface area contributed by atoms with Crippen LogP contribution in [0.15, 0.2) is 36.4 Å². The number of rotatable bonds is 1. The number of benzene rings is 2. The molecule has 3 aromatic rings. The van der Waals surface area contributed by atoms with Crippen LogP contribution in [-0.4, -0.2) is 11.6 Å². The van der Waals surface area contributed by atoms with Gasteiger partial charge in [0, 0.05) is 22.2 Å². The minimum absolute atomic E-state index is 0.376. The Labute approximate surface area is 126 Å². The summed E-state index contributed by atoms with van der Waals surface area (Å²) in [5, 5.41) is 12.1. The molecule has 0 bridgehead atoms. The van der Waals surface area contributed by atoms with Gasteiger partial charge in [0.15, 0.2) is 0 Å². The second-order valence-corrected chi connectivity index (χ2v) is 6.14. The maximum atomic E-state index is 8.87. The molecular weight excluding hydrogens is 280 g/mol. The van der Waals surface area contributed by atoms with Gasteiger partial charge >= 0.3 is 0 Å². The van der Waals surface area contributed by atoms with Crippen LogP contribution < -0.4 is 4.74 Å². The Kier molecular flexibility index (Phi) is 2.87. The Balaban J connectivity index is 1.98. The van der Waals surface area contributed by atoms with Crippen molar-refractivity contribution in [3.05, 3.63) is 46.3 Å². The molecular formula is C17H12N2OS. The highest BCUT2D eigenvalue weighted by Gasteiger charge is 2.21. The van der Waals surface area contributed by atoms with E-state index >= 15 is 0 Å². The van der Waals surface area contributed by atoms with Gasteiger partial charge in [0.1, 0.15) is 10.8 Å². The number of aromatic nitrogens is 1. The Morgan fingerprint density at radius 3 is 3.05 bits per heavy atom. The average molecular weight is 292 g/mol. The van der Waals surface area contributed by atoms with E-state index in [0.717, 1.165) is 33.8 Å². The third kappa shape index (κ3) is 1.98. The highest BCUT2D eigenvalue weighted by Crippen LogP contribution is 2.41. The predicted octanol–water partition coefficient (Wildman–Crippen LogP) is 3.96. The van der Waals surface area contributed by atoms with Crippen LogP contribution in [-0.2, 0) is 12.8 Å². The molecule has 0 N–H and O–H groups in total. The van der Waals surface area contributed by atoms with Crippen LogP contribution in [0.4, 0.5) is 0 Å². The number of hydrogen-bond acceptors (Lipinski definition) is 4. The predicted molar refractivity (Wildman–Crippen MR) is 83.6 cm³/mol. The normalized spacial score (nSPS) is 12.9. The van der Waals surface area contributed by atoms with Crippen LogP contribution in [0.3, 0.4) is 0 Å². The Hall–Kier alpha value is -2.38. The quantitative estimate of drug-likeness (QED) is 0.682. The summed E-state index contributed by atoms with van der Waals surface area (Å²) in [4.78, 5) is 5.88. The first kappa shape index (κ1) is 12.4. The van der Waals surface area contributed by atoms with Crippen molar-refractivity contribution in [2.75, 3.05) is 6.61 Å². The van der Waals surface area contributed by atoms with Gasteiger partial charge in [0.25, 0.3) is 0 Å². The zero-order chi connectivity index (χ0) is 14.2. The summed E-state index contributed by atoms with van der Waals surface area (Å²) in [6, 6.07) is 14.6. The number of nitrogens with zero attached hydrogens (tertiary/aromatic N) is 2. The molecule has 0 saturated heterocycles. The van der Waals surface area contributed by atoms with Crippen LogP contribution in [0.1, 0.15) is 9.88 Å². The molecule has 2 aromatic carbocycles. The molecule has 102 valence electrons. The maximum absolute atomic E-state index is 8.87. The molecule has 2 heterocycles. The average Bonchev–Trinajstić information content (AvgIpc) is 2.82. The zero-order valence-electron chi connectivity index (χ0n) is 11.3. The fraction of sp³-hybridized carbons (Fsp3) is 0.176. The summed E-state index contributed by atoms with van der Waals surface area (Å²) in [6.45, 7) is 0.655. The molecule has 3 nitrogen and oxygen atoms in total. The number of nitriles is 1. The topological polar surface area (TPSA) is 45.9 Å². The second kappa shape index (κ2) is 4.87. The van der Waals surface area contributed by atoms with Crippen molar-refractivity contribution in [2.24, 2.45) is 0 Å². The van der Waals surface area contributed by atoms with E-state index in [0.29, 0.717) is 13.0 Å². The number of hydrogen-bond donors (Lipinski definition) is 0. The second-order valence-electron chi connectivity index (χ2n) is 4.98. The summed E-state index contributed by atoms with van der Waals surface area (Å²) < 4.78 is 6.00. The maximum Gasteiger partial charge on any atom is 0.136 e. The number of ether oxygens (including phenoxy) is 1. The van der Waals surface area contributed by atoms with Gasteiger partial charge in [-0.25, -0.2) is 4.98 Å². The van der Waals surface area contributed by atoms with E-state index in [1.165, 1.54) is 10.3 Å². The highest BCUT2D eigenvalue weighted by molar-refractivity contribution is 7.12. The molecule has 0 amide bonds. The van der Waals surface area contributed by atoms with Crippen molar-refractivity contribution >= 4 is 22.1 Å². The van der Waals surface area contributed by atoms with Crippen LogP contribution in [0.5, 0.6) is 5.75 Å². The molecule has 1 aliphatic rings. The molecule has 1 aliphatic heterocycles. The molecule has 0 saturated carbocycles. The van der Waals surface area contributed by atoms with E-state index < -0.39 is 0 Å². The summed E-state index contributed by atoms with van der Waals surface area (Å²) in [5.74, 6) is 0.917. The van der Waals surface area contributed by atoms with E-state index in [2.05, 4.69) is 35.3 Å². The van der Waals surface area contributed by atoms with Gasteiger partial charge in [-0.2, -0.15) is 5.26 Å². The van der Waals surface area contributed by atoms with Crippen LogP contribution in [0.25, 0.3) is 22.0 Å². The Morgan fingerprint density at radius 1 is 1.24 bits per heavy atom. The largest absolute Gasteiger partial charge is 0.492 e.